The number of H-pyrrole nitrogens is 1. The van der Waals surface area contributed by atoms with E-state index >= 15 is 0 Å². The summed E-state index contributed by atoms with van der Waals surface area (Å²) < 4.78 is 34.6. The van der Waals surface area contributed by atoms with Crippen molar-refractivity contribution in [2.45, 2.75) is 12.0 Å². The van der Waals surface area contributed by atoms with Crippen LogP contribution < -0.4 is 10.9 Å². The first-order valence-corrected chi connectivity index (χ1v) is 8.84. The van der Waals surface area contributed by atoms with E-state index in [0.29, 0.717) is 13.0 Å². The summed E-state index contributed by atoms with van der Waals surface area (Å²) in [5.74, 6) is -1.23. The van der Waals surface area contributed by atoms with Crippen LogP contribution >= 0.6 is 23.2 Å². The van der Waals surface area contributed by atoms with Crippen molar-refractivity contribution in [3.05, 3.63) is 68.2 Å². The van der Waals surface area contributed by atoms with E-state index in [2.05, 4.69) is 15.3 Å². The monoisotopic (exact) mass is 411 g/mol. The van der Waals surface area contributed by atoms with E-state index in [1.165, 1.54) is 24.3 Å². The first kappa shape index (κ1) is 18.2. The Morgan fingerprint density at radius 2 is 2.04 bits per heavy atom. The molecule has 4 rings (SSSR count). The summed E-state index contributed by atoms with van der Waals surface area (Å²) in [6.07, 6.45) is 1.52. The van der Waals surface area contributed by atoms with Gasteiger partial charge in [-0.1, -0.05) is 23.2 Å². The smallest absolute Gasteiger partial charge is 0.258 e. The van der Waals surface area contributed by atoms with Crippen LogP contribution in [0.2, 0.25) is 10.0 Å². The van der Waals surface area contributed by atoms with Gasteiger partial charge in [0, 0.05) is 24.3 Å². The highest BCUT2D eigenvalue weighted by atomic mass is 35.5. The lowest BCUT2D eigenvalue weighted by Crippen LogP contribution is -2.37. The minimum absolute atomic E-state index is 0.0482. The van der Waals surface area contributed by atoms with E-state index in [0.717, 1.165) is 6.33 Å². The normalized spacial score (nSPS) is 19.6. The van der Waals surface area contributed by atoms with Gasteiger partial charge in [-0.25, -0.2) is 13.8 Å². The second kappa shape index (κ2) is 6.74. The largest absolute Gasteiger partial charge is 0.379 e. The Kier molecular flexibility index (Phi) is 4.53. The van der Waals surface area contributed by atoms with E-state index in [4.69, 9.17) is 27.9 Å². The van der Waals surface area contributed by atoms with Crippen LogP contribution in [0.4, 0.5) is 14.5 Å². The third kappa shape index (κ3) is 3.05. The number of anilines is 1. The van der Waals surface area contributed by atoms with E-state index < -0.39 is 22.7 Å². The summed E-state index contributed by atoms with van der Waals surface area (Å²) in [4.78, 5) is 18.3. The molecule has 27 heavy (non-hydrogen) atoms. The van der Waals surface area contributed by atoms with Crippen molar-refractivity contribution in [3.63, 3.8) is 0 Å². The summed E-state index contributed by atoms with van der Waals surface area (Å²) in [5.41, 5.74) is -1.16. The number of fused-ring (bicyclic) bond motifs is 1. The lowest BCUT2D eigenvalue weighted by molar-refractivity contribution is 0.181. The zero-order valence-electron chi connectivity index (χ0n) is 13.8. The highest BCUT2D eigenvalue weighted by Crippen LogP contribution is 2.42. The van der Waals surface area contributed by atoms with Gasteiger partial charge < -0.3 is 15.0 Å². The maximum atomic E-state index is 14.6. The van der Waals surface area contributed by atoms with Crippen LogP contribution in [0.3, 0.4) is 0 Å². The first-order valence-electron chi connectivity index (χ1n) is 8.08. The van der Waals surface area contributed by atoms with E-state index in [1.54, 1.807) is 0 Å². The van der Waals surface area contributed by atoms with Crippen molar-refractivity contribution in [1.29, 1.82) is 0 Å². The second-order valence-corrected chi connectivity index (χ2v) is 7.10. The number of nitrogens with one attached hydrogen (secondary N) is 2. The Morgan fingerprint density at radius 1 is 1.22 bits per heavy atom. The minimum Gasteiger partial charge on any atom is -0.379 e. The molecule has 2 heterocycles. The van der Waals surface area contributed by atoms with Crippen LogP contribution in [-0.2, 0) is 10.3 Å². The number of hydrogen-bond donors (Lipinski definition) is 2. The summed E-state index contributed by atoms with van der Waals surface area (Å²) in [5, 5.41) is 3.45. The molecule has 0 radical (unpaired) electrons. The third-order valence-corrected chi connectivity index (χ3v) is 5.43. The molecule has 1 aromatic heterocycles. The number of aromatic amines is 1. The molecule has 1 aliphatic rings. The van der Waals surface area contributed by atoms with Crippen molar-refractivity contribution >= 4 is 39.8 Å². The van der Waals surface area contributed by atoms with E-state index in [-0.39, 0.29) is 38.8 Å². The number of hydrogen-bond acceptors (Lipinski definition) is 4. The van der Waals surface area contributed by atoms with E-state index in [1.807, 2.05) is 0 Å². The predicted octanol–water partition coefficient (Wildman–Crippen LogP) is 4.24. The molecular formula is C18H13Cl2F2N3O2. The van der Waals surface area contributed by atoms with Crippen LogP contribution in [0.5, 0.6) is 0 Å². The van der Waals surface area contributed by atoms with Crippen molar-refractivity contribution in [2.24, 2.45) is 0 Å². The number of halogens is 4. The second-order valence-electron chi connectivity index (χ2n) is 6.31. The Morgan fingerprint density at radius 3 is 2.78 bits per heavy atom. The van der Waals surface area contributed by atoms with Crippen LogP contribution in [0.1, 0.15) is 12.0 Å². The summed E-state index contributed by atoms with van der Waals surface area (Å²) in [6.45, 7) is 0.459. The van der Waals surface area contributed by atoms with Gasteiger partial charge >= 0.3 is 0 Å². The minimum atomic E-state index is -1.05. The lowest BCUT2D eigenvalue weighted by atomic mass is 9.88. The summed E-state index contributed by atoms with van der Waals surface area (Å²) in [7, 11) is 0. The van der Waals surface area contributed by atoms with Gasteiger partial charge in [0.15, 0.2) is 5.82 Å². The number of aromatic nitrogens is 2. The Bertz CT molecular complexity index is 1100. The molecule has 0 saturated carbocycles. The molecule has 9 heteroatoms. The molecule has 1 saturated heterocycles. The van der Waals surface area contributed by atoms with Gasteiger partial charge in [-0.05, 0) is 24.3 Å². The molecule has 3 aromatic rings. The standard InChI is InChI=1S/C18H13Cl2F2N3O2/c19-11-1-2-12(21)14(15(11)20)18(3-4-27-7-18)25-9-5-10-16(13(22)6-9)23-8-24-17(10)26/h1-2,5-6,8,25H,3-4,7H2,(H,23,24,26). The van der Waals surface area contributed by atoms with Gasteiger partial charge in [0.1, 0.15) is 11.3 Å². The number of nitrogens with zero attached hydrogens (tertiary/aromatic N) is 1. The fourth-order valence-electron chi connectivity index (χ4n) is 3.37. The van der Waals surface area contributed by atoms with Crippen molar-refractivity contribution in [3.8, 4) is 0 Å². The van der Waals surface area contributed by atoms with Gasteiger partial charge in [0.05, 0.1) is 33.9 Å². The van der Waals surface area contributed by atoms with Crippen LogP contribution in [0.15, 0.2) is 35.4 Å². The van der Waals surface area contributed by atoms with Crippen LogP contribution in [-0.4, -0.2) is 23.2 Å². The molecule has 140 valence electrons. The van der Waals surface area contributed by atoms with Gasteiger partial charge in [0.2, 0.25) is 0 Å². The molecule has 0 bridgehead atoms. The lowest BCUT2D eigenvalue weighted by Gasteiger charge is -2.32. The molecule has 0 amide bonds. The molecule has 1 aliphatic heterocycles. The number of benzene rings is 2. The SMILES string of the molecule is O=c1[nH]cnc2c(F)cc(NC3(c4c(F)ccc(Cl)c4Cl)CCOC3)cc12. The van der Waals surface area contributed by atoms with Gasteiger partial charge in [-0.2, -0.15) is 0 Å². The average molecular weight is 412 g/mol. The molecule has 0 aliphatic carbocycles. The summed E-state index contributed by atoms with van der Waals surface area (Å²) >= 11 is 12.4. The number of rotatable bonds is 3. The topological polar surface area (TPSA) is 67.0 Å². The van der Waals surface area contributed by atoms with Crippen LogP contribution in [0.25, 0.3) is 10.9 Å². The Labute approximate surface area is 162 Å². The van der Waals surface area contributed by atoms with Crippen LogP contribution in [0, 0.1) is 11.6 Å². The highest BCUT2D eigenvalue weighted by molar-refractivity contribution is 6.42. The van der Waals surface area contributed by atoms with Gasteiger partial charge in [-0.15, -0.1) is 0 Å². The molecular weight excluding hydrogens is 399 g/mol. The predicted molar refractivity (Wildman–Crippen MR) is 99.5 cm³/mol. The highest BCUT2D eigenvalue weighted by Gasteiger charge is 2.41. The fourth-order valence-corrected chi connectivity index (χ4v) is 3.87. The summed E-state index contributed by atoms with van der Waals surface area (Å²) in [6, 6.07) is 5.25. The Balaban J connectivity index is 1.86. The zero-order chi connectivity index (χ0) is 19.2. The third-order valence-electron chi connectivity index (χ3n) is 4.63. The average Bonchev–Trinajstić information content (AvgIpc) is 3.09. The molecule has 0 spiro atoms. The maximum Gasteiger partial charge on any atom is 0.258 e. The fraction of sp³-hybridized carbons (Fsp3) is 0.222. The molecule has 1 unspecified atom stereocenters. The quantitative estimate of drug-likeness (QED) is 0.632. The Hall–Kier alpha value is -2.22. The molecule has 1 atom stereocenters. The van der Waals surface area contributed by atoms with E-state index in [9.17, 15) is 13.6 Å². The number of ether oxygens (including phenoxy) is 1. The van der Waals surface area contributed by atoms with Crippen molar-refractivity contribution < 1.29 is 13.5 Å². The first-order chi connectivity index (χ1) is 12.9. The molecule has 2 N–H and O–H groups in total. The maximum absolute atomic E-state index is 14.6. The zero-order valence-corrected chi connectivity index (χ0v) is 15.3. The van der Waals surface area contributed by atoms with Gasteiger partial charge in [0.25, 0.3) is 5.56 Å². The van der Waals surface area contributed by atoms with Crippen molar-refractivity contribution in [2.75, 3.05) is 18.5 Å². The van der Waals surface area contributed by atoms with Gasteiger partial charge in [-0.3, -0.25) is 4.79 Å². The van der Waals surface area contributed by atoms with Crippen molar-refractivity contribution in [1.82, 2.24) is 9.97 Å². The molecule has 2 aromatic carbocycles. The molecule has 1 fully saturated rings. The molecule has 5 nitrogen and oxygen atoms in total.